The summed E-state index contributed by atoms with van der Waals surface area (Å²) < 4.78 is 33.5. The summed E-state index contributed by atoms with van der Waals surface area (Å²) in [5.41, 5.74) is 2.72. The van der Waals surface area contributed by atoms with Gasteiger partial charge < -0.3 is 9.64 Å². The second-order valence-corrected chi connectivity index (χ2v) is 9.02. The number of sulfonamides is 1. The minimum absolute atomic E-state index is 0.146. The van der Waals surface area contributed by atoms with Gasteiger partial charge in [-0.3, -0.25) is 4.72 Å². The molecule has 2 unspecified atom stereocenters. The number of hydrogen-bond donors (Lipinski definition) is 1. The number of esters is 1. The zero-order valence-corrected chi connectivity index (χ0v) is 18.2. The van der Waals surface area contributed by atoms with Crippen LogP contribution in [0.15, 0.2) is 101 Å². The zero-order chi connectivity index (χ0) is 22.0. The van der Waals surface area contributed by atoms with Crippen LogP contribution in [0.2, 0.25) is 0 Å². The zero-order valence-electron chi connectivity index (χ0n) is 17.4. The number of hydrogen-bond acceptors (Lipinski definition) is 5. The van der Waals surface area contributed by atoms with E-state index in [1.165, 1.54) is 0 Å². The monoisotopic (exact) mass is 436 g/mol. The van der Waals surface area contributed by atoms with Gasteiger partial charge in [-0.1, -0.05) is 42.5 Å². The van der Waals surface area contributed by atoms with Gasteiger partial charge in [0.1, 0.15) is 0 Å². The van der Waals surface area contributed by atoms with Crippen molar-refractivity contribution in [3.63, 3.8) is 0 Å². The first kappa shape index (κ1) is 20.9. The largest absolute Gasteiger partial charge is 0.463 e. The summed E-state index contributed by atoms with van der Waals surface area (Å²) in [6.45, 7) is 3.93. The third-order valence-electron chi connectivity index (χ3n) is 5.42. The number of para-hydroxylation sites is 1. The number of ether oxygens (including phenoxy) is 1. The number of benzene rings is 2. The van der Waals surface area contributed by atoms with Gasteiger partial charge in [-0.05, 0) is 50.3 Å². The van der Waals surface area contributed by atoms with E-state index in [2.05, 4.69) is 9.62 Å². The Balaban J connectivity index is 1.70. The number of carbonyl (C=O) groups is 1. The molecule has 0 spiro atoms. The van der Waals surface area contributed by atoms with E-state index < -0.39 is 10.0 Å². The maximum absolute atomic E-state index is 12.8. The molecule has 0 bridgehead atoms. The van der Waals surface area contributed by atoms with Gasteiger partial charge in [-0.15, -0.1) is 0 Å². The molecule has 2 aromatic rings. The van der Waals surface area contributed by atoms with Crippen molar-refractivity contribution in [3.8, 4) is 0 Å². The van der Waals surface area contributed by atoms with E-state index in [4.69, 9.17) is 4.74 Å². The summed E-state index contributed by atoms with van der Waals surface area (Å²) in [6.07, 6.45) is 5.47. The fourth-order valence-electron chi connectivity index (χ4n) is 4.09. The number of fused-ring (bicyclic) bond motifs is 1. The lowest BCUT2D eigenvalue weighted by Crippen LogP contribution is -2.35. The Hall–Kier alpha value is -3.32. The average molecular weight is 437 g/mol. The lowest BCUT2D eigenvalue weighted by Gasteiger charge is -2.31. The standard InChI is InChI=1S/C24H24N2O4S/c1-3-30-24(27)23-17(2)26(19-10-6-4-7-11-19)22-15-14-18(16-21(22)23)25-31(28,29)20-12-8-5-9-13-20/h4-16,21-22,25H,3H2,1-2H3. The SMILES string of the molecule is CCOC(=O)C1=C(C)N(c2ccccc2)C2C=CC(NS(=O)(=O)c3ccccc3)=CC12. The van der Waals surface area contributed by atoms with E-state index in [9.17, 15) is 13.2 Å². The molecule has 0 radical (unpaired) electrons. The molecular formula is C24H24N2O4S. The Morgan fingerprint density at radius 2 is 1.71 bits per heavy atom. The Bertz CT molecular complexity index is 1170. The quantitative estimate of drug-likeness (QED) is 0.698. The molecule has 1 heterocycles. The molecule has 1 N–H and O–H groups in total. The molecule has 0 saturated carbocycles. The smallest absolute Gasteiger partial charge is 0.336 e. The molecule has 0 saturated heterocycles. The van der Waals surface area contributed by atoms with Crippen molar-refractivity contribution in [1.82, 2.24) is 4.72 Å². The van der Waals surface area contributed by atoms with Crippen LogP contribution in [0.5, 0.6) is 0 Å². The Kier molecular flexibility index (Phi) is 5.69. The average Bonchev–Trinajstić information content (AvgIpc) is 3.06. The summed E-state index contributed by atoms with van der Waals surface area (Å²) in [4.78, 5) is 15.1. The fourth-order valence-corrected chi connectivity index (χ4v) is 5.17. The number of nitrogens with zero attached hydrogens (tertiary/aromatic N) is 1. The van der Waals surface area contributed by atoms with Crippen LogP contribution in [0.1, 0.15) is 13.8 Å². The second-order valence-electron chi connectivity index (χ2n) is 7.34. The van der Waals surface area contributed by atoms with E-state index in [-0.39, 0.29) is 29.4 Å². The highest BCUT2D eigenvalue weighted by Gasteiger charge is 2.42. The predicted octanol–water partition coefficient (Wildman–Crippen LogP) is 3.76. The van der Waals surface area contributed by atoms with Crippen molar-refractivity contribution in [3.05, 3.63) is 95.9 Å². The van der Waals surface area contributed by atoms with Crippen LogP contribution in [0.4, 0.5) is 5.69 Å². The van der Waals surface area contributed by atoms with Gasteiger partial charge in [0.15, 0.2) is 0 Å². The Morgan fingerprint density at radius 1 is 1.06 bits per heavy atom. The molecule has 0 fully saturated rings. The molecule has 2 aliphatic rings. The minimum atomic E-state index is -3.73. The maximum Gasteiger partial charge on any atom is 0.336 e. The number of nitrogens with one attached hydrogen (secondary N) is 1. The second kappa shape index (κ2) is 8.43. The first-order valence-electron chi connectivity index (χ1n) is 10.1. The van der Waals surface area contributed by atoms with Gasteiger partial charge in [0.25, 0.3) is 10.0 Å². The molecule has 2 atom stereocenters. The molecule has 4 rings (SSSR count). The van der Waals surface area contributed by atoms with Gasteiger partial charge in [0.2, 0.25) is 0 Å². The van der Waals surface area contributed by atoms with E-state index in [1.807, 2.05) is 43.3 Å². The van der Waals surface area contributed by atoms with Crippen LogP contribution in [0.25, 0.3) is 0 Å². The van der Waals surface area contributed by atoms with Gasteiger partial charge in [0.05, 0.1) is 23.1 Å². The topological polar surface area (TPSA) is 75.7 Å². The number of rotatable bonds is 6. The highest BCUT2D eigenvalue weighted by molar-refractivity contribution is 7.89. The van der Waals surface area contributed by atoms with E-state index in [0.717, 1.165) is 11.4 Å². The normalized spacial score (nSPS) is 20.3. The molecule has 31 heavy (non-hydrogen) atoms. The van der Waals surface area contributed by atoms with Gasteiger partial charge in [-0.2, -0.15) is 0 Å². The predicted molar refractivity (Wildman–Crippen MR) is 120 cm³/mol. The van der Waals surface area contributed by atoms with E-state index in [0.29, 0.717) is 11.3 Å². The van der Waals surface area contributed by atoms with Crippen LogP contribution in [-0.2, 0) is 19.6 Å². The molecule has 160 valence electrons. The lowest BCUT2D eigenvalue weighted by atomic mass is 9.89. The molecular weight excluding hydrogens is 412 g/mol. The molecule has 1 aliphatic heterocycles. The van der Waals surface area contributed by atoms with E-state index >= 15 is 0 Å². The molecule has 0 aromatic heterocycles. The van der Waals surface area contributed by atoms with Crippen molar-refractivity contribution in [2.75, 3.05) is 11.5 Å². The van der Waals surface area contributed by atoms with Gasteiger partial charge in [0, 0.05) is 23.0 Å². The van der Waals surface area contributed by atoms with Gasteiger partial charge in [-0.25, -0.2) is 13.2 Å². The third-order valence-corrected chi connectivity index (χ3v) is 6.82. The maximum atomic E-state index is 12.8. The highest BCUT2D eigenvalue weighted by atomic mass is 32.2. The Morgan fingerprint density at radius 3 is 2.35 bits per heavy atom. The van der Waals surface area contributed by atoms with Crippen molar-refractivity contribution in [2.45, 2.75) is 24.8 Å². The van der Waals surface area contributed by atoms with Crippen LogP contribution >= 0.6 is 0 Å². The van der Waals surface area contributed by atoms with Gasteiger partial charge >= 0.3 is 5.97 Å². The number of anilines is 1. The summed E-state index contributed by atoms with van der Waals surface area (Å²) >= 11 is 0. The molecule has 7 heteroatoms. The number of carbonyl (C=O) groups excluding carboxylic acids is 1. The summed E-state index contributed by atoms with van der Waals surface area (Å²) in [6, 6.07) is 17.9. The fraction of sp³-hybridized carbons (Fsp3) is 0.208. The lowest BCUT2D eigenvalue weighted by molar-refractivity contribution is -0.138. The van der Waals surface area contributed by atoms with E-state index in [1.54, 1.807) is 49.4 Å². The Labute approximate surface area is 182 Å². The molecule has 1 aliphatic carbocycles. The van der Waals surface area contributed by atoms with Crippen LogP contribution in [0, 0.1) is 5.92 Å². The minimum Gasteiger partial charge on any atom is -0.463 e. The number of allylic oxidation sites excluding steroid dienone is 2. The van der Waals surface area contributed by atoms with Crippen LogP contribution < -0.4 is 9.62 Å². The summed E-state index contributed by atoms with van der Waals surface area (Å²) in [7, 11) is -3.73. The first-order valence-corrected chi connectivity index (χ1v) is 11.6. The van der Waals surface area contributed by atoms with Crippen LogP contribution in [-0.4, -0.2) is 27.0 Å². The summed E-state index contributed by atoms with van der Waals surface area (Å²) in [5, 5.41) is 0. The highest BCUT2D eigenvalue weighted by Crippen LogP contribution is 2.41. The summed E-state index contributed by atoms with van der Waals surface area (Å²) in [5.74, 6) is -0.719. The molecule has 6 nitrogen and oxygen atoms in total. The van der Waals surface area contributed by atoms with Crippen LogP contribution in [0.3, 0.4) is 0 Å². The third kappa shape index (κ3) is 4.01. The first-order chi connectivity index (χ1) is 14.9. The van der Waals surface area contributed by atoms with Crippen molar-refractivity contribution < 1.29 is 17.9 Å². The van der Waals surface area contributed by atoms with Crippen molar-refractivity contribution >= 4 is 21.7 Å². The molecule has 2 aromatic carbocycles. The molecule has 0 amide bonds. The van der Waals surface area contributed by atoms with Crippen molar-refractivity contribution in [1.29, 1.82) is 0 Å². The van der Waals surface area contributed by atoms with Crippen molar-refractivity contribution in [2.24, 2.45) is 5.92 Å².